The van der Waals surface area contributed by atoms with Crippen molar-refractivity contribution in [2.75, 3.05) is 18.2 Å². The molecule has 128 valence electrons. The van der Waals surface area contributed by atoms with Gasteiger partial charge in [-0.05, 0) is 18.6 Å². The SMILES string of the molecule is CC[C@@H](SCC(=O)OC)C(=O)Nc1nnc(-c2ccc(Cl)cc2)s1. The third-order valence-electron chi connectivity index (χ3n) is 3.04. The number of nitrogens with zero attached hydrogens (tertiary/aromatic N) is 2. The minimum Gasteiger partial charge on any atom is -0.468 e. The zero-order valence-corrected chi connectivity index (χ0v) is 15.5. The van der Waals surface area contributed by atoms with Gasteiger partial charge in [0.05, 0.1) is 18.1 Å². The summed E-state index contributed by atoms with van der Waals surface area (Å²) < 4.78 is 4.58. The third kappa shape index (κ3) is 5.19. The fraction of sp³-hybridized carbons (Fsp3) is 0.333. The summed E-state index contributed by atoms with van der Waals surface area (Å²) in [6, 6.07) is 7.23. The molecule has 2 aromatic rings. The van der Waals surface area contributed by atoms with Crippen LogP contribution in [0.3, 0.4) is 0 Å². The van der Waals surface area contributed by atoms with E-state index in [1.165, 1.54) is 30.2 Å². The van der Waals surface area contributed by atoms with Crippen molar-refractivity contribution in [3.63, 3.8) is 0 Å². The predicted molar refractivity (Wildman–Crippen MR) is 97.5 cm³/mol. The molecule has 1 atom stereocenters. The summed E-state index contributed by atoms with van der Waals surface area (Å²) in [6.45, 7) is 1.88. The fourth-order valence-corrected chi connectivity index (χ4v) is 3.55. The van der Waals surface area contributed by atoms with Crippen LogP contribution in [0.5, 0.6) is 0 Å². The van der Waals surface area contributed by atoms with E-state index in [1.807, 2.05) is 19.1 Å². The van der Waals surface area contributed by atoms with Crippen LogP contribution in [0.15, 0.2) is 24.3 Å². The molecule has 0 spiro atoms. The lowest BCUT2D eigenvalue weighted by molar-refractivity contribution is -0.137. The van der Waals surface area contributed by atoms with E-state index >= 15 is 0 Å². The molecule has 0 saturated heterocycles. The molecule has 1 aromatic heterocycles. The van der Waals surface area contributed by atoms with Crippen molar-refractivity contribution in [3.8, 4) is 10.6 Å². The van der Waals surface area contributed by atoms with Crippen molar-refractivity contribution in [2.24, 2.45) is 0 Å². The molecule has 0 aliphatic rings. The maximum Gasteiger partial charge on any atom is 0.315 e. The molecule has 0 aliphatic carbocycles. The molecule has 24 heavy (non-hydrogen) atoms. The minimum absolute atomic E-state index is 0.134. The van der Waals surface area contributed by atoms with E-state index in [-0.39, 0.29) is 22.9 Å². The normalized spacial score (nSPS) is 11.8. The first-order chi connectivity index (χ1) is 11.5. The second-order valence-corrected chi connectivity index (χ2v) is 7.30. The first kappa shape index (κ1) is 18.7. The average molecular weight is 386 g/mol. The Balaban J connectivity index is 1.98. The molecule has 0 radical (unpaired) electrons. The highest BCUT2D eigenvalue weighted by molar-refractivity contribution is 8.01. The van der Waals surface area contributed by atoms with Gasteiger partial charge in [0.25, 0.3) is 0 Å². The van der Waals surface area contributed by atoms with Crippen LogP contribution in [0.25, 0.3) is 10.6 Å². The van der Waals surface area contributed by atoms with Gasteiger partial charge in [-0.3, -0.25) is 14.9 Å². The number of hydrogen-bond acceptors (Lipinski definition) is 7. The van der Waals surface area contributed by atoms with Crippen LogP contribution in [0.2, 0.25) is 5.02 Å². The van der Waals surface area contributed by atoms with E-state index < -0.39 is 0 Å². The third-order valence-corrected chi connectivity index (χ3v) is 5.53. The molecular weight excluding hydrogens is 370 g/mol. The van der Waals surface area contributed by atoms with Crippen molar-refractivity contribution < 1.29 is 14.3 Å². The Bertz CT molecular complexity index is 706. The molecule has 1 heterocycles. The average Bonchev–Trinajstić information content (AvgIpc) is 3.04. The number of hydrogen-bond donors (Lipinski definition) is 1. The molecule has 0 unspecified atom stereocenters. The van der Waals surface area contributed by atoms with Gasteiger partial charge in [0.15, 0.2) is 0 Å². The summed E-state index contributed by atoms with van der Waals surface area (Å²) in [4.78, 5) is 23.5. The number of thioether (sulfide) groups is 1. The van der Waals surface area contributed by atoms with E-state index in [4.69, 9.17) is 11.6 Å². The largest absolute Gasteiger partial charge is 0.468 e. The Labute approximate surface area is 153 Å². The monoisotopic (exact) mass is 385 g/mol. The highest BCUT2D eigenvalue weighted by Gasteiger charge is 2.20. The van der Waals surface area contributed by atoms with Gasteiger partial charge in [-0.1, -0.05) is 42.0 Å². The van der Waals surface area contributed by atoms with E-state index in [0.29, 0.717) is 21.6 Å². The predicted octanol–water partition coefficient (Wildman–Crippen LogP) is 3.48. The number of esters is 1. The summed E-state index contributed by atoms with van der Waals surface area (Å²) in [6.07, 6.45) is 0.594. The second kappa shape index (κ2) is 9.00. The van der Waals surface area contributed by atoms with E-state index in [0.717, 1.165) is 5.56 Å². The van der Waals surface area contributed by atoms with Crippen LogP contribution in [0.4, 0.5) is 5.13 Å². The summed E-state index contributed by atoms with van der Waals surface area (Å²) in [5, 5.41) is 12.2. The van der Waals surface area contributed by atoms with Crippen LogP contribution < -0.4 is 5.32 Å². The molecule has 1 N–H and O–H groups in total. The Kier molecular flexibility index (Phi) is 7.01. The van der Waals surface area contributed by atoms with Gasteiger partial charge in [-0.15, -0.1) is 22.0 Å². The van der Waals surface area contributed by atoms with E-state index in [1.54, 1.807) is 12.1 Å². The van der Waals surface area contributed by atoms with Crippen molar-refractivity contribution >= 4 is 51.7 Å². The van der Waals surface area contributed by atoms with Crippen LogP contribution in [-0.4, -0.2) is 40.2 Å². The summed E-state index contributed by atoms with van der Waals surface area (Å²) in [5.41, 5.74) is 0.879. The lowest BCUT2D eigenvalue weighted by Gasteiger charge is -2.12. The molecule has 1 aromatic carbocycles. The van der Waals surface area contributed by atoms with Gasteiger partial charge in [0, 0.05) is 10.6 Å². The number of carbonyl (C=O) groups excluding carboxylic acids is 2. The molecule has 0 fully saturated rings. The molecule has 9 heteroatoms. The van der Waals surface area contributed by atoms with E-state index in [2.05, 4.69) is 20.3 Å². The van der Waals surface area contributed by atoms with Gasteiger partial charge in [0.1, 0.15) is 5.01 Å². The summed E-state index contributed by atoms with van der Waals surface area (Å²) in [7, 11) is 1.32. The number of methoxy groups -OCH3 is 1. The first-order valence-corrected chi connectivity index (χ1v) is 9.36. The summed E-state index contributed by atoms with van der Waals surface area (Å²) in [5.74, 6) is -0.424. The molecule has 0 bridgehead atoms. The molecule has 0 saturated carbocycles. The zero-order valence-electron chi connectivity index (χ0n) is 13.1. The smallest absolute Gasteiger partial charge is 0.315 e. The molecule has 1 amide bonds. The topological polar surface area (TPSA) is 81.2 Å². The maximum absolute atomic E-state index is 12.3. The number of benzene rings is 1. The number of carbonyl (C=O) groups is 2. The van der Waals surface area contributed by atoms with Crippen molar-refractivity contribution in [3.05, 3.63) is 29.3 Å². The van der Waals surface area contributed by atoms with Gasteiger partial charge in [-0.25, -0.2) is 0 Å². The highest BCUT2D eigenvalue weighted by Crippen LogP contribution is 2.28. The van der Waals surface area contributed by atoms with Gasteiger partial charge in [-0.2, -0.15) is 0 Å². The van der Waals surface area contributed by atoms with Crippen LogP contribution >= 0.6 is 34.7 Å². The minimum atomic E-state index is -0.355. The van der Waals surface area contributed by atoms with Crippen LogP contribution in [0, 0.1) is 0 Å². The molecule has 6 nitrogen and oxygen atoms in total. The Morgan fingerprint density at radius 3 is 2.67 bits per heavy atom. The van der Waals surface area contributed by atoms with Crippen LogP contribution in [-0.2, 0) is 14.3 Å². The zero-order chi connectivity index (χ0) is 17.5. The van der Waals surface area contributed by atoms with Crippen molar-refractivity contribution in [1.29, 1.82) is 0 Å². The fourth-order valence-electron chi connectivity index (χ4n) is 1.78. The summed E-state index contributed by atoms with van der Waals surface area (Å²) >= 11 is 8.38. The first-order valence-electron chi connectivity index (χ1n) is 7.12. The van der Waals surface area contributed by atoms with Gasteiger partial charge < -0.3 is 4.74 Å². The number of nitrogens with one attached hydrogen (secondary N) is 1. The number of anilines is 1. The van der Waals surface area contributed by atoms with Crippen LogP contribution in [0.1, 0.15) is 13.3 Å². The van der Waals surface area contributed by atoms with Gasteiger partial charge in [0.2, 0.25) is 11.0 Å². The lowest BCUT2D eigenvalue weighted by atomic mass is 10.2. The Morgan fingerprint density at radius 1 is 1.33 bits per heavy atom. The number of aromatic nitrogens is 2. The Hall–Kier alpha value is -1.64. The number of rotatable bonds is 7. The number of ether oxygens (including phenoxy) is 1. The standard InChI is InChI=1S/C15H16ClN3O3S2/c1-3-11(23-8-12(20)22-2)13(21)17-15-19-18-14(24-15)9-4-6-10(16)7-5-9/h4-7,11H,3,8H2,1-2H3,(H,17,19,21)/t11-/m1/s1. The highest BCUT2D eigenvalue weighted by atomic mass is 35.5. The lowest BCUT2D eigenvalue weighted by Crippen LogP contribution is -2.25. The molecular formula is C15H16ClN3O3S2. The van der Waals surface area contributed by atoms with E-state index in [9.17, 15) is 9.59 Å². The Morgan fingerprint density at radius 2 is 2.04 bits per heavy atom. The van der Waals surface area contributed by atoms with Crippen molar-refractivity contribution in [1.82, 2.24) is 10.2 Å². The second-order valence-electron chi connectivity index (χ2n) is 4.69. The molecule has 2 rings (SSSR count). The number of amides is 1. The van der Waals surface area contributed by atoms with Gasteiger partial charge >= 0.3 is 5.97 Å². The van der Waals surface area contributed by atoms with Crippen molar-refractivity contribution in [2.45, 2.75) is 18.6 Å². The maximum atomic E-state index is 12.3. The quantitative estimate of drug-likeness (QED) is 0.735. The molecule has 0 aliphatic heterocycles. The number of halogens is 1.